The fraction of sp³-hybridized carbons (Fsp3) is 0.263. The van der Waals surface area contributed by atoms with Gasteiger partial charge in [-0.1, -0.05) is 32.0 Å². The molecule has 1 heterocycles. The summed E-state index contributed by atoms with van der Waals surface area (Å²) in [7, 11) is -2.70. The SMILES string of the molecule is CC(C)[C@H](C(=O)O)N(C)S(=O)(=O)c1ccc(-c2nnn(-c3ccccc3)n2)cc1. The van der Waals surface area contributed by atoms with Gasteiger partial charge in [-0.3, -0.25) is 4.79 Å². The van der Waals surface area contributed by atoms with Crippen molar-refractivity contribution in [1.29, 1.82) is 0 Å². The van der Waals surface area contributed by atoms with Gasteiger partial charge < -0.3 is 5.11 Å². The maximum Gasteiger partial charge on any atom is 0.322 e. The molecule has 152 valence electrons. The summed E-state index contributed by atoms with van der Waals surface area (Å²) in [6, 6.07) is 14.1. The van der Waals surface area contributed by atoms with Crippen LogP contribution < -0.4 is 0 Å². The molecule has 29 heavy (non-hydrogen) atoms. The van der Waals surface area contributed by atoms with Crippen LogP contribution in [-0.4, -0.2) is 57.1 Å². The Hall–Kier alpha value is -3.11. The second kappa shape index (κ2) is 8.10. The van der Waals surface area contributed by atoms with Gasteiger partial charge in [-0.25, -0.2) is 8.42 Å². The van der Waals surface area contributed by atoms with Crippen molar-refractivity contribution < 1.29 is 18.3 Å². The molecular weight excluding hydrogens is 394 g/mol. The normalized spacial score (nSPS) is 13.0. The van der Waals surface area contributed by atoms with Gasteiger partial charge in [0.2, 0.25) is 15.8 Å². The third kappa shape index (κ3) is 4.17. The number of aromatic nitrogens is 4. The number of rotatable bonds is 7. The van der Waals surface area contributed by atoms with Gasteiger partial charge in [0.25, 0.3) is 0 Å². The van der Waals surface area contributed by atoms with Gasteiger partial charge in [0, 0.05) is 12.6 Å². The number of likely N-dealkylation sites (N-methyl/N-ethyl adjacent to an activating group) is 1. The van der Waals surface area contributed by atoms with Crippen LogP contribution in [0.4, 0.5) is 0 Å². The maximum absolute atomic E-state index is 12.8. The van der Waals surface area contributed by atoms with Crippen LogP contribution in [0.3, 0.4) is 0 Å². The third-order valence-corrected chi connectivity index (χ3v) is 6.32. The van der Waals surface area contributed by atoms with Crippen LogP contribution in [0.5, 0.6) is 0 Å². The van der Waals surface area contributed by atoms with Crippen molar-refractivity contribution >= 4 is 16.0 Å². The molecule has 0 fully saturated rings. The van der Waals surface area contributed by atoms with E-state index in [0.29, 0.717) is 11.4 Å². The number of hydrogen-bond donors (Lipinski definition) is 1. The summed E-state index contributed by atoms with van der Waals surface area (Å²) in [4.78, 5) is 12.9. The van der Waals surface area contributed by atoms with Gasteiger partial charge in [-0.05, 0) is 47.5 Å². The average Bonchev–Trinajstić information content (AvgIpc) is 3.18. The monoisotopic (exact) mass is 415 g/mol. The lowest BCUT2D eigenvalue weighted by molar-refractivity contribution is -0.142. The number of hydrogen-bond acceptors (Lipinski definition) is 6. The van der Waals surface area contributed by atoms with E-state index >= 15 is 0 Å². The van der Waals surface area contributed by atoms with Crippen molar-refractivity contribution in [1.82, 2.24) is 24.5 Å². The number of tetrazole rings is 1. The predicted octanol–water partition coefficient (Wildman–Crippen LogP) is 2.06. The van der Waals surface area contributed by atoms with Gasteiger partial charge in [-0.15, -0.1) is 15.0 Å². The number of nitrogens with zero attached hydrogens (tertiary/aromatic N) is 5. The van der Waals surface area contributed by atoms with Crippen LogP contribution in [-0.2, 0) is 14.8 Å². The molecule has 1 aromatic heterocycles. The van der Waals surface area contributed by atoms with Crippen LogP contribution in [0, 0.1) is 5.92 Å². The minimum atomic E-state index is -3.97. The smallest absolute Gasteiger partial charge is 0.322 e. The first kappa shape index (κ1) is 20.6. The Morgan fingerprint density at radius 2 is 1.69 bits per heavy atom. The van der Waals surface area contributed by atoms with E-state index in [1.807, 2.05) is 30.3 Å². The molecule has 0 aliphatic carbocycles. The number of aliphatic carboxylic acids is 1. The summed E-state index contributed by atoms with van der Waals surface area (Å²) in [5.74, 6) is -1.23. The van der Waals surface area contributed by atoms with Gasteiger partial charge in [0.15, 0.2) is 0 Å². The standard InChI is InChI=1S/C19H21N5O4S/c1-13(2)17(19(25)26)23(3)29(27,28)16-11-9-14(10-12-16)18-20-22-24(21-18)15-7-5-4-6-8-15/h4-13,17H,1-3H3,(H,25,26)/t17-/m1/s1. The lowest BCUT2D eigenvalue weighted by atomic mass is 10.1. The summed E-state index contributed by atoms with van der Waals surface area (Å²) < 4.78 is 26.6. The zero-order valence-corrected chi connectivity index (χ0v) is 17.0. The van der Waals surface area contributed by atoms with E-state index in [-0.39, 0.29) is 10.8 Å². The van der Waals surface area contributed by atoms with Gasteiger partial charge in [0.1, 0.15) is 6.04 Å². The van der Waals surface area contributed by atoms with Crippen LogP contribution in [0.1, 0.15) is 13.8 Å². The number of carboxylic acid groups (broad SMARTS) is 1. The van der Waals surface area contributed by atoms with E-state index in [4.69, 9.17) is 0 Å². The molecule has 3 aromatic rings. The van der Waals surface area contributed by atoms with Gasteiger partial charge in [0.05, 0.1) is 10.6 Å². The highest BCUT2D eigenvalue weighted by molar-refractivity contribution is 7.89. The highest BCUT2D eigenvalue weighted by atomic mass is 32.2. The van der Waals surface area contributed by atoms with Crippen LogP contribution in [0.2, 0.25) is 0 Å². The lowest BCUT2D eigenvalue weighted by Crippen LogP contribution is -2.45. The molecule has 0 radical (unpaired) electrons. The summed E-state index contributed by atoms with van der Waals surface area (Å²) in [6.45, 7) is 3.32. The summed E-state index contributed by atoms with van der Waals surface area (Å²) >= 11 is 0. The predicted molar refractivity (Wildman–Crippen MR) is 106 cm³/mol. The first-order valence-corrected chi connectivity index (χ1v) is 10.3. The van der Waals surface area contributed by atoms with Crippen molar-refractivity contribution in [3.05, 3.63) is 54.6 Å². The van der Waals surface area contributed by atoms with E-state index in [9.17, 15) is 18.3 Å². The Morgan fingerprint density at radius 3 is 2.24 bits per heavy atom. The number of benzene rings is 2. The van der Waals surface area contributed by atoms with Crippen molar-refractivity contribution in [2.75, 3.05) is 7.05 Å². The van der Waals surface area contributed by atoms with Gasteiger partial charge >= 0.3 is 5.97 Å². The summed E-state index contributed by atoms with van der Waals surface area (Å²) in [6.07, 6.45) is 0. The lowest BCUT2D eigenvalue weighted by Gasteiger charge is -2.27. The van der Waals surface area contributed by atoms with E-state index in [2.05, 4.69) is 15.4 Å². The molecule has 0 unspecified atom stereocenters. The van der Waals surface area contributed by atoms with Crippen molar-refractivity contribution in [3.8, 4) is 17.1 Å². The largest absolute Gasteiger partial charge is 0.480 e. The van der Waals surface area contributed by atoms with Gasteiger partial charge in [-0.2, -0.15) is 4.31 Å². The molecule has 0 spiro atoms. The van der Waals surface area contributed by atoms with Crippen molar-refractivity contribution in [3.63, 3.8) is 0 Å². The van der Waals surface area contributed by atoms with E-state index < -0.39 is 22.0 Å². The average molecular weight is 415 g/mol. The molecule has 1 atom stereocenters. The molecule has 9 nitrogen and oxygen atoms in total. The maximum atomic E-state index is 12.8. The Balaban J connectivity index is 1.87. The van der Waals surface area contributed by atoms with E-state index in [1.54, 1.807) is 26.0 Å². The highest BCUT2D eigenvalue weighted by Crippen LogP contribution is 2.23. The highest BCUT2D eigenvalue weighted by Gasteiger charge is 2.34. The Labute approximate surface area is 168 Å². The van der Waals surface area contributed by atoms with Crippen molar-refractivity contribution in [2.24, 2.45) is 5.92 Å². The molecule has 2 aromatic carbocycles. The third-order valence-electron chi connectivity index (χ3n) is 4.47. The zero-order chi connectivity index (χ0) is 21.2. The number of para-hydroxylation sites is 1. The molecule has 0 saturated carbocycles. The molecule has 0 bridgehead atoms. The molecule has 0 aliphatic rings. The van der Waals surface area contributed by atoms with Crippen LogP contribution >= 0.6 is 0 Å². The zero-order valence-electron chi connectivity index (χ0n) is 16.2. The summed E-state index contributed by atoms with van der Waals surface area (Å²) in [5, 5.41) is 21.7. The second-order valence-corrected chi connectivity index (χ2v) is 8.81. The summed E-state index contributed by atoms with van der Waals surface area (Å²) in [5.41, 5.74) is 1.34. The topological polar surface area (TPSA) is 118 Å². The van der Waals surface area contributed by atoms with E-state index in [0.717, 1.165) is 9.99 Å². The number of sulfonamides is 1. The fourth-order valence-electron chi connectivity index (χ4n) is 2.95. The fourth-order valence-corrected chi connectivity index (χ4v) is 4.40. The Bertz CT molecular complexity index is 1100. The first-order valence-electron chi connectivity index (χ1n) is 8.88. The Kier molecular flexibility index (Phi) is 5.76. The molecule has 0 aliphatic heterocycles. The van der Waals surface area contributed by atoms with Crippen LogP contribution in [0.15, 0.2) is 59.5 Å². The molecule has 0 saturated heterocycles. The molecular formula is C19H21N5O4S. The first-order chi connectivity index (χ1) is 13.7. The van der Waals surface area contributed by atoms with E-state index in [1.165, 1.54) is 24.0 Å². The molecule has 3 rings (SSSR count). The minimum Gasteiger partial charge on any atom is -0.480 e. The molecule has 0 amide bonds. The second-order valence-electron chi connectivity index (χ2n) is 6.81. The van der Waals surface area contributed by atoms with Crippen molar-refractivity contribution in [2.45, 2.75) is 24.8 Å². The quantitative estimate of drug-likeness (QED) is 0.627. The number of carbonyl (C=O) groups is 1. The molecule has 1 N–H and O–H groups in total. The number of carboxylic acids is 1. The minimum absolute atomic E-state index is 0.00824. The molecule has 10 heteroatoms. The Morgan fingerprint density at radius 1 is 1.07 bits per heavy atom. The van der Waals surface area contributed by atoms with Crippen LogP contribution in [0.25, 0.3) is 17.1 Å².